The number of amides is 2. The first-order chi connectivity index (χ1) is 14.8. The second kappa shape index (κ2) is 8.03. The highest BCUT2D eigenvalue weighted by Crippen LogP contribution is 2.29. The maximum absolute atomic E-state index is 13.0. The lowest BCUT2D eigenvalue weighted by Crippen LogP contribution is -2.27. The number of fused-ring (bicyclic) bond motifs is 1. The van der Waals surface area contributed by atoms with E-state index in [0.717, 1.165) is 16.8 Å². The quantitative estimate of drug-likeness (QED) is 0.610. The normalized spacial score (nSPS) is 13.1. The van der Waals surface area contributed by atoms with Crippen molar-refractivity contribution in [1.82, 2.24) is 20.1 Å². The molecule has 0 saturated heterocycles. The van der Waals surface area contributed by atoms with Gasteiger partial charge in [0, 0.05) is 22.7 Å². The van der Waals surface area contributed by atoms with Crippen molar-refractivity contribution in [2.45, 2.75) is 39.3 Å². The molecule has 8 heteroatoms. The standard InChI is InChI=1S/C23H23N5O2S/c1-23(2,3)15-8-6-14(7-9-15)21(29)25-20-17-11-28(12-18(17)26-27-20)22(30)16-5-4-10-24-19(16)13-31/h4-10,13H,11-12H2,1-3H3,(H2,25,26,27,29). The van der Waals surface area contributed by atoms with E-state index >= 15 is 0 Å². The number of anilines is 1. The fraction of sp³-hybridized carbons (Fsp3) is 0.261. The lowest BCUT2D eigenvalue weighted by Gasteiger charge is -2.19. The molecule has 3 heterocycles. The molecule has 1 aliphatic heterocycles. The van der Waals surface area contributed by atoms with E-state index in [1.54, 1.807) is 23.2 Å². The van der Waals surface area contributed by atoms with Crippen LogP contribution in [0.25, 0.3) is 0 Å². The summed E-state index contributed by atoms with van der Waals surface area (Å²) in [5.74, 6) is 0.0371. The van der Waals surface area contributed by atoms with Crippen LogP contribution in [0.3, 0.4) is 0 Å². The zero-order chi connectivity index (χ0) is 22.2. The Morgan fingerprint density at radius 2 is 1.90 bits per heavy atom. The van der Waals surface area contributed by atoms with Crippen LogP contribution < -0.4 is 5.32 Å². The average molecular weight is 434 g/mol. The van der Waals surface area contributed by atoms with Crippen LogP contribution in [0.15, 0.2) is 42.6 Å². The first-order valence-corrected chi connectivity index (χ1v) is 10.4. The highest BCUT2D eigenvalue weighted by molar-refractivity contribution is 7.79. The van der Waals surface area contributed by atoms with Gasteiger partial charge in [-0.2, -0.15) is 5.10 Å². The molecule has 1 aromatic carbocycles. The second-order valence-electron chi connectivity index (χ2n) is 8.53. The van der Waals surface area contributed by atoms with Gasteiger partial charge in [0.05, 0.1) is 30.0 Å². The molecule has 2 aromatic heterocycles. The van der Waals surface area contributed by atoms with Gasteiger partial charge in [-0.3, -0.25) is 19.7 Å². The number of carbonyl (C=O) groups excluding carboxylic acids is 2. The molecule has 2 N–H and O–H groups in total. The highest BCUT2D eigenvalue weighted by Gasteiger charge is 2.30. The predicted molar refractivity (Wildman–Crippen MR) is 122 cm³/mol. The number of hydrogen-bond donors (Lipinski definition) is 2. The molecule has 0 atom stereocenters. The first-order valence-electron chi connectivity index (χ1n) is 9.95. The zero-order valence-corrected chi connectivity index (χ0v) is 18.4. The van der Waals surface area contributed by atoms with Gasteiger partial charge in [-0.1, -0.05) is 45.1 Å². The summed E-state index contributed by atoms with van der Waals surface area (Å²) in [6, 6.07) is 11.0. The van der Waals surface area contributed by atoms with Gasteiger partial charge >= 0.3 is 0 Å². The van der Waals surface area contributed by atoms with Gasteiger partial charge in [-0.25, -0.2) is 0 Å². The molecule has 0 fully saturated rings. The summed E-state index contributed by atoms with van der Waals surface area (Å²) in [6.07, 6.45) is 1.60. The van der Waals surface area contributed by atoms with Crippen LogP contribution in [0.4, 0.5) is 5.82 Å². The summed E-state index contributed by atoms with van der Waals surface area (Å²) in [5.41, 5.74) is 4.27. The molecule has 3 aromatic rings. The van der Waals surface area contributed by atoms with Gasteiger partial charge in [0.25, 0.3) is 11.8 Å². The van der Waals surface area contributed by atoms with Gasteiger partial charge in [0.15, 0.2) is 5.82 Å². The maximum atomic E-state index is 13.0. The lowest BCUT2D eigenvalue weighted by atomic mass is 9.87. The van der Waals surface area contributed by atoms with Crippen molar-refractivity contribution in [1.29, 1.82) is 0 Å². The van der Waals surface area contributed by atoms with Crippen molar-refractivity contribution in [2.24, 2.45) is 0 Å². The number of hydrogen-bond acceptors (Lipinski definition) is 5. The predicted octanol–water partition coefficient (Wildman–Crippen LogP) is 3.86. The Bertz CT molecular complexity index is 1160. The maximum Gasteiger partial charge on any atom is 0.256 e. The third-order valence-corrected chi connectivity index (χ3v) is 5.59. The Kier molecular flexibility index (Phi) is 5.41. The van der Waals surface area contributed by atoms with E-state index in [9.17, 15) is 9.59 Å². The third-order valence-electron chi connectivity index (χ3n) is 5.36. The van der Waals surface area contributed by atoms with Gasteiger partial charge in [-0.15, -0.1) is 0 Å². The molecule has 0 saturated carbocycles. The minimum absolute atomic E-state index is 0.0190. The summed E-state index contributed by atoms with van der Waals surface area (Å²) in [4.78, 5) is 31.5. The number of pyridine rings is 1. The van der Waals surface area contributed by atoms with Crippen LogP contribution in [-0.4, -0.2) is 37.3 Å². The van der Waals surface area contributed by atoms with Crippen molar-refractivity contribution in [3.63, 3.8) is 0 Å². The Labute approximate surface area is 185 Å². The van der Waals surface area contributed by atoms with Gasteiger partial charge in [0.2, 0.25) is 0 Å². The van der Waals surface area contributed by atoms with Gasteiger partial charge in [-0.05, 0) is 35.2 Å². The van der Waals surface area contributed by atoms with Crippen LogP contribution in [-0.2, 0) is 18.5 Å². The summed E-state index contributed by atoms with van der Waals surface area (Å²) < 4.78 is 0. The van der Waals surface area contributed by atoms with E-state index in [1.807, 2.05) is 24.3 Å². The molecular formula is C23H23N5O2S. The Morgan fingerprint density at radius 3 is 2.58 bits per heavy atom. The van der Waals surface area contributed by atoms with Crippen LogP contribution in [0, 0.1) is 0 Å². The number of thiocarbonyl (C=S) groups is 1. The molecule has 158 valence electrons. The minimum Gasteiger partial charge on any atom is -0.328 e. The van der Waals surface area contributed by atoms with E-state index in [4.69, 9.17) is 12.2 Å². The third kappa shape index (κ3) is 4.11. The smallest absolute Gasteiger partial charge is 0.256 e. The van der Waals surface area contributed by atoms with Crippen LogP contribution >= 0.6 is 12.2 Å². The number of H-pyrrole nitrogens is 1. The van der Waals surface area contributed by atoms with Crippen LogP contribution in [0.1, 0.15) is 64.0 Å². The summed E-state index contributed by atoms with van der Waals surface area (Å²) in [7, 11) is 0. The molecule has 4 rings (SSSR count). The average Bonchev–Trinajstić information content (AvgIpc) is 3.34. The Hall–Kier alpha value is -3.39. The molecule has 0 spiro atoms. The van der Waals surface area contributed by atoms with Gasteiger partial charge < -0.3 is 10.2 Å². The Morgan fingerprint density at radius 1 is 1.16 bits per heavy atom. The summed E-state index contributed by atoms with van der Waals surface area (Å²) in [5, 5.41) is 11.4. The number of benzene rings is 1. The van der Waals surface area contributed by atoms with Gasteiger partial charge in [0.1, 0.15) is 0 Å². The summed E-state index contributed by atoms with van der Waals surface area (Å²) >= 11 is 4.97. The van der Waals surface area contributed by atoms with Crippen molar-refractivity contribution in [3.05, 3.63) is 76.2 Å². The molecule has 0 bridgehead atoms. The largest absolute Gasteiger partial charge is 0.328 e. The topological polar surface area (TPSA) is 91.0 Å². The van der Waals surface area contributed by atoms with E-state index in [1.165, 1.54) is 5.37 Å². The number of nitrogens with zero attached hydrogens (tertiary/aromatic N) is 3. The molecule has 0 unspecified atom stereocenters. The first kappa shape index (κ1) is 20.9. The number of aromatic amines is 1. The van der Waals surface area contributed by atoms with E-state index in [0.29, 0.717) is 35.7 Å². The molecule has 1 aliphatic rings. The van der Waals surface area contributed by atoms with Crippen molar-refractivity contribution in [3.8, 4) is 0 Å². The molecule has 0 aliphatic carbocycles. The van der Waals surface area contributed by atoms with Crippen LogP contribution in [0.2, 0.25) is 0 Å². The van der Waals surface area contributed by atoms with Crippen LogP contribution in [0.5, 0.6) is 0 Å². The number of carbonyl (C=O) groups is 2. The number of rotatable bonds is 4. The molecule has 2 amide bonds. The van der Waals surface area contributed by atoms with Crippen molar-refractivity contribution < 1.29 is 9.59 Å². The molecular weight excluding hydrogens is 410 g/mol. The van der Waals surface area contributed by atoms with Crippen molar-refractivity contribution in [2.75, 3.05) is 5.32 Å². The monoisotopic (exact) mass is 433 g/mol. The summed E-state index contributed by atoms with van der Waals surface area (Å²) in [6.45, 7) is 7.11. The number of aromatic nitrogens is 3. The SMILES string of the molecule is CC(C)(C)c1ccc(C(=O)Nc2n[nH]c3c2CN(C(=O)c2cccnc2C=S)C3)cc1. The van der Waals surface area contributed by atoms with E-state index in [-0.39, 0.29) is 17.2 Å². The van der Waals surface area contributed by atoms with E-state index < -0.39 is 0 Å². The Balaban J connectivity index is 1.48. The number of nitrogens with one attached hydrogen (secondary N) is 2. The fourth-order valence-electron chi connectivity index (χ4n) is 3.55. The van der Waals surface area contributed by atoms with Crippen molar-refractivity contribution >= 4 is 35.2 Å². The lowest BCUT2D eigenvalue weighted by molar-refractivity contribution is 0.0749. The highest BCUT2D eigenvalue weighted by atomic mass is 32.1. The second-order valence-corrected chi connectivity index (χ2v) is 8.76. The zero-order valence-electron chi connectivity index (χ0n) is 17.6. The fourth-order valence-corrected chi connectivity index (χ4v) is 3.74. The molecule has 7 nitrogen and oxygen atoms in total. The minimum atomic E-state index is -0.241. The molecule has 0 radical (unpaired) electrons. The molecule has 31 heavy (non-hydrogen) atoms. The van der Waals surface area contributed by atoms with E-state index in [2.05, 4.69) is 41.3 Å².